The maximum Gasteiger partial charge on any atom is 0.159 e. The van der Waals surface area contributed by atoms with Gasteiger partial charge < -0.3 is 23.4 Å². The second-order valence-corrected chi connectivity index (χ2v) is 29.8. The second kappa shape index (κ2) is 19.8. The molecule has 458 valence electrons. The number of nitrogens with zero attached hydrogens (tertiary/aromatic N) is 2. The van der Waals surface area contributed by atoms with Gasteiger partial charge >= 0.3 is 0 Å². The minimum Gasteiger partial charge on any atom is -0.454 e. The number of anilines is 6. The van der Waals surface area contributed by atoms with Crippen molar-refractivity contribution >= 4 is 85.3 Å². The number of hydrogen-bond acceptors (Lipinski definition) is 5. The van der Waals surface area contributed by atoms with Gasteiger partial charge in [0.2, 0.25) is 0 Å². The van der Waals surface area contributed by atoms with Crippen molar-refractivity contribution in [2.75, 3.05) is 9.80 Å². The summed E-state index contributed by atoms with van der Waals surface area (Å²) in [6, 6.07) is 82.1. The van der Waals surface area contributed by atoms with Crippen LogP contribution in [0.25, 0.3) is 73.4 Å². The van der Waals surface area contributed by atoms with Crippen LogP contribution in [0.5, 0.6) is 11.5 Å². The molecule has 1 spiro atoms. The van der Waals surface area contributed by atoms with Crippen LogP contribution in [-0.4, -0.2) is 0 Å². The van der Waals surface area contributed by atoms with Crippen LogP contribution < -0.4 is 14.5 Å². The Kier molecular flexibility index (Phi) is 11.9. The number of ether oxygens (including phenoxy) is 1. The summed E-state index contributed by atoms with van der Waals surface area (Å²) in [6.45, 7) is 23.5. The van der Waals surface area contributed by atoms with Gasteiger partial charge in [0.15, 0.2) is 16.9 Å². The fourth-order valence-electron chi connectivity index (χ4n) is 17.2. The lowest BCUT2D eigenvalue weighted by Gasteiger charge is -2.43. The average Bonchev–Trinajstić information content (AvgIpc) is 1.46. The van der Waals surface area contributed by atoms with Crippen molar-refractivity contribution in [1.82, 2.24) is 0 Å². The maximum absolute atomic E-state index is 7.76. The lowest BCUT2D eigenvalue weighted by molar-refractivity contribution is 0.418. The van der Waals surface area contributed by atoms with Crippen LogP contribution in [-0.2, 0) is 33.5 Å². The van der Waals surface area contributed by atoms with Crippen LogP contribution in [0.3, 0.4) is 0 Å². The maximum atomic E-state index is 7.76. The van der Waals surface area contributed by atoms with Crippen molar-refractivity contribution in [3.05, 3.63) is 303 Å². The van der Waals surface area contributed by atoms with Crippen LogP contribution in [0.15, 0.2) is 233 Å². The third-order valence-corrected chi connectivity index (χ3v) is 21.7. The first kappa shape index (κ1) is 56.4. The number of hydrogen-bond donors (Lipinski definition) is 0. The van der Waals surface area contributed by atoms with E-state index in [-0.39, 0.29) is 10.8 Å². The minimum atomic E-state index is -0.956. The summed E-state index contributed by atoms with van der Waals surface area (Å²) in [4.78, 5) is 5.01. The van der Waals surface area contributed by atoms with Crippen molar-refractivity contribution in [3.63, 3.8) is 0 Å². The predicted octanol–water partition coefficient (Wildman–Crippen LogP) is 24.4. The minimum absolute atomic E-state index is 0.0713. The van der Waals surface area contributed by atoms with E-state index >= 15 is 0 Å². The van der Waals surface area contributed by atoms with E-state index in [1.807, 2.05) is 0 Å². The predicted molar refractivity (Wildman–Crippen MR) is 390 cm³/mol. The lowest BCUT2D eigenvalue weighted by atomic mass is 9.62. The summed E-state index contributed by atoms with van der Waals surface area (Å²) in [7, 11) is 0. The highest BCUT2D eigenvalue weighted by atomic mass is 16.5. The fraction of sp³-hybridized carbons (Fsp3) is 0.191. The van der Waals surface area contributed by atoms with E-state index in [9.17, 15) is 0 Å². The summed E-state index contributed by atoms with van der Waals surface area (Å²) in [5.41, 5.74) is 27.1. The highest BCUT2D eigenvalue weighted by Crippen LogP contribution is 2.67. The number of benzene rings is 11. The summed E-state index contributed by atoms with van der Waals surface area (Å²) >= 11 is 0. The monoisotopic (exact) mass is 1220 g/mol. The summed E-state index contributed by atoms with van der Waals surface area (Å²) in [6.07, 6.45) is 11.3. The first-order chi connectivity index (χ1) is 45.4. The highest BCUT2D eigenvalue weighted by molar-refractivity contribution is 6.12. The smallest absolute Gasteiger partial charge is 0.159 e. The number of furan rings is 2. The zero-order valence-electron chi connectivity index (χ0n) is 55.1. The normalized spacial score (nSPS) is 15.5. The Labute approximate surface area is 550 Å². The number of fused-ring (bicyclic) bond motifs is 22. The van der Waals surface area contributed by atoms with Gasteiger partial charge in [-0.1, -0.05) is 245 Å². The van der Waals surface area contributed by atoms with E-state index in [2.05, 4.69) is 322 Å². The van der Waals surface area contributed by atoms with Crippen LogP contribution >= 0.6 is 0 Å². The number of allylic oxidation sites excluding steroid dienone is 1. The number of rotatable bonds is 6. The van der Waals surface area contributed by atoms with Gasteiger partial charge in [0.25, 0.3) is 0 Å². The van der Waals surface area contributed by atoms with E-state index < -0.39 is 16.2 Å². The summed E-state index contributed by atoms with van der Waals surface area (Å²) in [5, 5.41) is 3.30. The van der Waals surface area contributed by atoms with Gasteiger partial charge in [-0.25, -0.2) is 0 Å². The van der Waals surface area contributed by atoms with Crippen LogP contribution in [0.2, 0.25) is 0 Å². The average molecular weight is 1220 g/mol. The zero-order valence-corrected chi connectivity index (χ0v) is 55.1. The number of para-hydroxylation sites is 4. The van der Waals surface area contributed by atoms with Gasteiger partial charge in [-0.05, 0) is 163 Å². The molecule has 0 amide bonds. The Morgan fingerprint density at radius 1 is 0.404 bits per heavy atom. The molecule has 11 aromatic carbocycles. The fourth-order valence-corrected chi connectivity index (χ4v) is 17.2. The van der Waals surface area contributed by atoms with Crippen molar-refractivity contribution in [2.45, 2.75) is 109 Å². The Morgan fingerprint density at radius 2 is 0.904 bits per heavy atom. The quantitative estimate of drug-likeness (QED) is 0.166. The topological polar surface area (TPSA) is 42.0 Å². The molecular formula is C89H74N2O3. The van der Waals surface area contributed by atoms with E-state index in [1.54, 1.807) is 0 Å². The molecular weight excluding hydrogens is 1140 g/mol. The van der Waals surface area contributed by atoms with Crippen LogP contribution in [0.1, 0.15) is 154 Å². The number of aryl methyl sites for hydroxylation is 1. The molecule has 18 rings (SSSR count). The van der Waals surface area contributed by atoms with Gasteiger partial charge in [0.05, 0.1) is 28.2 Å². The molecule has 1 aliphatic heterocycles. The molecule has 5 heteroatoms. The molecule has 0 saturated carbocycles. The molecule has 0 radical (unpaired) electrons. The second-order valence-electron chi connectivity index (χ2n) is 29.8. The SMILES string of the molecule is CC(C)(C)c1ccc(N(c2cc3c(c4c2Oc2ccccc2C4(C)C)C=Cc2c(cc(N(c4ccc(C(C)(C)C)cc4)c4cccc5c4oc4ccccc45)c4c2C(C)(C)c2ccccc2-4)C32c3ccccc3-c3ccccc32)c2cccc3c4c(oc23)C=CCC4)cc1. The van der Waals surface area contributed by atoms with E-state index in [1.165, 1.54) is 77.9 Å². The Hall–Kier alpha value is -10.4. The Bertz CT molecular complexity index is 5390. The summed E-state index contributed by atoms with van der Waals surface area (Å²) < 4.78 is 22.1. The van der Waals surface area contributed by atoms with E-state index in [4.69, 9.17) is 13.6 Å². The molecule has 2 aromatic heterocycles. The van der Waals surface area contributed by atoms with Gasteiger partial charge in [-0.15, -0.1) is 0 Å². The molecule has 13 aromatic rings. The summed E-state index contributed by atoms with van der Waals surface area (Å²) in [5.74, 6) is 2.60. The first-order valence-electron chi connectivity index (χ1n) is 33.5. The van der Waals surface area contributed by atoms with Crippen LogP contribution in [0, 0.1) is 0 Å². The Morgan fingerprint density at radius 3 is 1.54 bits per heavy atom. The van der Waals surface area contributed by atoms with Crippen molar-refractivity contribution in [1.29, 1.82) is 0 Å². The molecule has 0 N–H and O–H groups in total. The standard InChI is InChI=1S/C89H74N2O3/c1-85(2,3)53-41-45-55(46-42-53)90(72-36-23-30-61-59-27-14-20-38-76(59)92-82(61)72)74-51-70-64(80-79(74)63-29-13-16-32-66(63)87(80,7)8)49-50-65-71(89(70)67-33-17-11-25-57(67)58-26-12-18-34-68(58)89)52-75(84-81(65)88(9,10)69-35-19-22-40-78(69)94-84)91(56-47-43-54(44-48-56)86(4,5)6)73-37-24-31-62-60-28-15-21-39-77(60)93-83(62)73/h11-14,16-27,29-52H,15,28H2,1-10H3. The molecule has 0 fully saturated rings. The van der Waals surface area contributed by atoms with Gasteiger partial charge in [0.1, 0.15) is 17.1 Å². The molecule has 4 aliphatic carbocycles. The highest BCUT2D eigenvalue weighted by Gasteiger charge is 2.54. The molecule has 5 nitrogen and oxygen atoms in total. The third-order valence-electron chi connectivity index (χ3n) is 21.7. The third kappa shape index (κ3) is 7.81. The van der Waals surface area contributed by atoms with Gasteiger partial charge in [-0.2, -0.15) is 0 Å². The van der Waals surface area contributed by atoms with E-state index in [0.29, 0.717) is 0 Å². The molecule has 0 bridgehead atoms. The molecule has 0 unspecified atom stereocenters. The van der Waals surface area contributed by atoms with Crippen molar-refractivity contribution < 1.29 is 13.6 Å². The van der Waals surface area contributed by atoms with Crippen molar-refractivity contribution in [2.24, 2.45) is 0 Å². The van der Waals surface area contributed by atoms with Crippen molar-refractivity contribution in [3.8, 4) is 33.8 Å². The molecule has 0 saturated heterocycles. The lowest BCUT2D eigenvalue weighted by Crippen LogP contribution is -2.34. The Balaban J connectivity index is 1.03. The van der Waals surface area contributed by atoms with Gasteiger partial charge in [-0.3, -0.25) is 0 Å². The zero-order chi connectivity index (χ0) is 63.9. The van der Waals surface area contributed by atoms with Gasteiger partial charge in [0, 0.05) is 60.6 Å². The first-order valence-corrected chi connectivity index (χ1v) is 33.5. The molecule has 94 heavy (non-hydrogen) atoms. The van der Waals surface area contributed by atoms with Crippen LogP contribution in [0.4, 0.5) is 34.1 Å². The molecule has 0 atom stereocenters. The molecule has 5 aliphatic rings. The molecule has 3 heterocycles. The largest absolute Gasteiger partial charge is 0.454 e. The van der Waals surface area contributed by atoms with E-state index in [0.717, 1.165) is 114 Å².